The lowest BCUT2D eigenvalue weighted by Crippen LogP contribution is -2.21. The van der Waals surface area contributed by atoms with Crippen LogP contribution in [0.15, 0.2) is 16.9 Å². The van der Waals surface area contributed by atoms with E-state index in [4.69, 9.17) is 9.84 Å². The van der Waals surface area contributed by atoms with Crippen molar-refractivity contribution in [2.24, 2.45) is 7.05 Å². The maximum absolute atomic E-state index is 12.1. The van der Waals surface area contributed by atoms with Gasteiger partial charge in [-0.2, -0.15) is 9.61 Å². The van der Waals surface area contributed by atoms with E-state index in [1.54, 1.807) is 11.6 Å². The van der Waals surface area contributed by atoms with E-state index < -0.39 is 5.97 Å². The van der Waals surface area contributed by atoms with Crippen LogP contribution in [0.4, 0.5) is 0 Å². The van der Waals surface area contributed by atoms with Crippen LogP contribution < -0.4 is 5.56 Å². The number of aryl methyl sites for hydroxylation is 1. The lowest BCUT2D eigenvalue weighted by Gasteiger charge is -2.19. The van der Waals surface area contributed by atoms with Gasteiger partial charge < -0.3 is 14.4 Å². The summed E-state index contributed by atoms with van der Waals surface area (Å²) in [6.07, 6.45) is 1.60. The molecule has 0 spiro atoms. The van der Waals surface area contributed by atoms with Crippen LogP contribution in [0.1, 0.15) is 30.1 Å². The predicted molar refractivity (Wildman–Crippen MR) is 74.6 cm³/mol. The molecule has 1 aliphatic rings. The topological polar surface area (TPSA) is 85.8 Å². The molecule has 21 heavy (non-hydrogen) atoms. The number of nitrogens with zero attached hydrogens (tertiary/aromatic N) is 3. The minimum Gasteiger partial charge on any atom is -0.481 e. The van der Waals surface area contributed by atoms with Crippen molar-refractivity contribution < 1.29 is 14.6 Å². The van der Waals surface area contributed by atoms with Crippen LogP contribution in [0.3, 0.4) is 0 Å². The fourth-order valence-corrected chi connectivity index (χ4v) is 2.76. The Balaban J connectivity index is 2.07. The first kappa shape index (κ1) is 13.8. The molecule has 0 aromatic carbocycles. The van der Waals surface area contributed by atoms with E-state index in [-0.39, 0.29) is 12.0 Å². The van der Waals surface area contributed by atoms with Crippen molar-refractivity contribution in [1.29, 1.82) is 0 Å². The average molecular weight is 291 g/mol. The van der Waals surface area contributed by atoms with Crippen molar-refractivity contribution >= 4 is 11.6 Å². The molecule has 112 valence electrons. The van der Waals surface area contributed by atoms with Crippen molar-refractivity contribution in [2.75, 3.05) is 13.2 Å². The molecule has 3 rings (SSSR count). The highest BCUT2D eigenvalue weighted by atomic mass is 16.5. The zero-order chi connectivity index (χ0) is 15.0. The number of carboxylic acid groups (broad SMARTS) is 1. The first-order valence-corrected chi connectivity index (χ1v) is 6.94. The summed E-state index contributed by atoms with van der Waals surface area (Å²) in [7, 11) is 1.75. The van der Waals surface area contributed by atoms with Crippen LogP contribution >= 0.6 is 0 Å². The average Bonchev–Trinajstić information content (AvgIpc) is 2.91. The fraction of sp³-hybridized carbons (Fsp3) is 0.500. The fourth-order valence-electron chi connectivity index (χ4n) is 2.76. The second kappa shape index (κ2) is 5.33. The number of carboxylic acids is 1. The molecule has 0 amide bonds. The molecule has 7 nitrogen and oxygen atoms in total. The summed E-state index contributed by atoms with van der Waals surface area (Å²) in [6.45, 7) is 1.41. The Labute approximate surface area is 120 Å². The predicted octanol–water partition coefficient (Wildman–Crippen LogP) is 0.554. The van der Waals surface area contributed by atoms with Gasteiger partial charge in [-0.05, 0) is 12.8 Å². The lowest BCUT2D eigenvalue weighted by atomic mass is 9.97. The number of hydrogen-bond acceptors (Lipinski definition) is 4. The first-order valence-electron chi connectivity index (χ1n) is 6.94. The molecule has 1 saturated heterocycles. The minimum atomic E-state index is -0.960. The smallest absolute Gasteiger partial charge is 0.309 e. The molecule has 1 aliphatic heterocycles. The zero-order valence-electron chi connectivity index (χ0n) is 11.8. The normalized spacial score (nSPS) is 16.4. The molecule has 1 N–H and O–H groups in total. The Hall–Kier alpha value is -2.15. The van der Waals surface area contributed by atoms with E-state index in [1.165, 1.54) is 10.6 Å². The Morgan fingerprint density at radius 2 is 2.14 bits per heavy atom. The number of rotatable bonds is 3. The molecule has 0 radical (unpaired) electrons. The summed E-state index contributed by atoms with van der Waals surface area (Å²) in [6, 6.07) is 3.21. The van der Waals surface area contributed by atoms with Crippen LogP contribution in [0.25, 0.3) is 5.65 Å². The highest BCUT2D eigenvalue weighted by Gasteiger charge is 2.20. The van der Waals surface area contributed by atoms with Crippen LogP contribution in [0.5, 0.6) is 0 Å². The zero-order valence-corrected chi connectivity index (χ0v) is 11.8. The molecule has 2 aromatic rings. The van der Waals surface area contributed by atoms with Gasteiger partial charge >= 0.3 is 5.97 Å². The quantitative estimate of drug-likeness (QED) is 0.892. The summed E-state index contributed by atoms with van der Waals surface area (Å²) in [5, 5.41) is 13.3. The molecule has 7 heteroatoms. The van der Waals surface area contributed by atoms with Crippen LogP contribution in [-0.4, -0.2) is 38.5 Å². The van der Waals surface area contributed by atoms with Crippen molar-refractivity contribution in [3.05, 3.63) is 33.9 Å². The lowest BCUT2D eigenvalue weighted by molar-refractivity contribution is -0.136. The molecule has 3 heterocycles. The third-order valence-electron chi connectivity index (χ3n) is 3.95. The highest BCUT2D eigenvalue weighted by Crippen LogP contribution is 2.26. The van der Waals surface area contributed by atoms with E-state index >= 15 is 0 Å². The maximum Gasteiger partial charge on any atom is 0.309 e. The van der Waals surface area contributed by atoms with Crippen molar-refractivity contribution in [2.45, 2.75) is 25.2 Å². The van der Waals surface area contributed by atoms with Gasteiger partial charge in [-0.15, -0.1) is 0 Å². The first-order chi connectivity index (χ1) is 10.1. The van der Waals surface area contributed by atoms with Crippen LogP contribution in [0, 0.1) is 0 Å². The largest absolute Gasteiger partial charge is 0.481 e. The molecule has 0 aliphatic carbocycles. The summed E-state index contributed by atoms with van der Waals surface area (Å²) in [5.74, 6) is -0.667. The van der Waals surface area contributed by atoms with Crippen LogP contribution in [0.2, 0.25) is 0 Å². The molecular weight excluding hydrogens is 274 g/mol. The maximum atomic E-state index is 12.1. The number of fused-ring (bicyclic) bond motifs is 1. The Kier molecular flexibility index (Phi) is 3.50. The summed E-state index contributed by atoms with van der Waals surface area (Å²) in [4.78, 5) is 23.0. The van der Waals surface area contributed by atoms with Gasteiger partial charge in [0.2, 0.25) is 0 Å². The number of aliphatic carboxylic acids is 1. The Morgan fingerprint density at radius 3 is 2.81 bits per heavy atom. The molecule has 1 fully saturated rings. The van der Waals surface area contributed by atoms with Gasteiger partial charge in [0.05, 0.1) is 12.1 Å². The van der Waals surface area contributed by atoms with Gasteiger partial charge in [0.1, 0.15) is 5.65 Å². The molecule has 2 aromatic heterocycles. The Morgan fingerprint density at radius 1 is 1.43 bits per heavy atom. The van der Waals surface area contributed by atoms with Gasteiger partial charge in [0.15, 0.2) is 0 Å². The minimum absolute atomic E-state index is 0.181. The standard InChI is InChI=1S/C14H17N3O4/c1-16-10(7-14(19)20)6-13(18)17-12(16)8-11(15-17)9-2-4-21-5-3-9/h6,8-9H,2-5,7H2,1H3,(H,19,20). The Bertz CT molecular complexity index is 740. The van der Waals surface area contributed by atoms with Gasteiger partial charge in [0.25, 0.3) is 5.56 Å². The van der Waals surface area contributed by atoms with E-state index in [9.17, 15) is 9.59 Å². The monoisotopic (exact) mass is 291 g/mol. The molecule has 0 unspecified atom stereocenters. The SMILES string of the molecule is Cn1c(CC(=O)O)cc(=O)n2nc(C3CCOCC3)cc12. The number of aromatic nitrogens is 3. The van der Waals surface area contributed by atoms with E-state index in [1.807, 2.05) is 6.07 Å². The summed E-state index contributed by atoms with van der Waals surface area (Å²) < 4.78 is 8.40. The third kappa shape index (κ3) is 2.56. The van der Waals surface area contributed by atoms with Gasteiger partial charge in [-0.1, -0.05) is 0 Å². The van der Waals surface area contributed by atoms with Crippen molar-refractivity contribution in [1.82, 2.24) is 14.2 Å². The van der Waals surface area contributed by atoms with Crippen molar-refractivity contribution in [3.8, 4) is 0 Å². The molecule has 0 saturated carbocycles. The van der Waals surface area contributed by atoms with Crippen molar-refractivity contribution in [3.63, 3.8) is 0 Å². The van der Waals surface area contributed by atoms with E-state index in [0.717, 1.165) is 18.5 Å². The second-order valence-corrected chi connectivity index (χ2v) is 5.33. The highest BCUT2D eigenvalue weighted by molar-refractivity contribution is 5.69. The molecule has 0 bridgehead atoms. The molecular formula is C14H17N3O4. The van der Waals surface area contributed by atoms with Crippen LogP contribution in [-0.2, 0) is 23.0 Å². The van der Waals surface area contributed by atoms with E-state index in [0.29, 0.717) is 30.5 Å². The second-order valence-electron chi connectivity index (χ2n) is 5.33. The molecule has 0 atom stereocenters. The van der Waals surface area contributed by atoms with E-state index in [2.05, 4.69) is 5.10 Å². The number of carbonyl (C=O) groups is 1. The number of hydrogen-bond donors (Lipinski definition) is 1. The van der Waals surface area contributed by atoms with Gasteiger partial charge in [-0.25, -0.2) is 0 Å². The van der Waals surface area contributed by atoms with Gasteiger partial charge in [-0.3, -0.25) is 9.59 Å². The summed E-state index contributed by atoms with van der Waals surface area (Å²) >= 11 is 0. The third-order valence-corrected chi connectivity index (χ3v) is 3.95. The summed E-state index contributed by atoms with van der Waals surface area (Å²) in [5.41, 5.74) is 1.68. The van der Waals surface area contributed by atoms with Gasteiger partial charge in [0, 0.05) is 44.0 Å². The number of ether oxygens (including phenoxy) is 1.